The molecule has 2 aromatic heterocycles. The number of ether oxygens (including phenoxy) is 2. The van der Waals surface area contributed by atoms with Gasteiger partial charge in [0.15, 0.2) is 0 Å². The number of fused-ring (bicyclic) bond motifs is 2. The zero-order chi connectivity index (χ0) is 22.4. The molecule has 1 aliphatic rings. The minimum Gasteiger partial charge on any atom is -0.497 e. The van der Waals surface area contributed by atoms with Crippen LogP contribution in [0.25, 0.3) is 15.3 Å². The Morgan fingerprint density at radius 3 is 2.62 bits per heavy atom. The summed E-state index contributed by atoms with van der Waals surface area (Å²) >= 11 is 1.51. The van der Waals surface area contributed by atoms with Gasteiger partial charge in [0.1, 0.15) is 17.3 Å². The van der Waals surface area contributed by atoms with Gasteiger partial charge in [-0.15, -0.1) is 0 Å². The number of thiazole rings is 1. The minimum atomic E-state index is -0.0740. The molecule has 1 unspecified atom stereocenters. The van der Waals surface area contributed by atoms with Crippen LogP contribution >= 0.6 is 11.3 Å². The van der Waals surface area contributed by atoms with Crippen LogP contribution in [0.1, 0.15) is 43.0 Å². The van der Waals surface area contributed by atoms with Crippen LogP contribution in [0.15, 0.2) is 42.5 Å². The van der Waals surface area contributed by atoms with E-state index in [2.05, 4.69) is 5.32 Å². The topological polar surface area (TPSA) is 78.3 Å². The van der Waals surface area contributed by atoms with Gasteiger partial charge in [-0.3, -0.25) is 4.79 Å². The quantitative estimate of drug-likeness (QED) is 0.462. The Labute approximate surface area is 190 Å². The Bertz CT molecular complexity index is 1310. The number of hydrogen-bond donors (Lipinski definition) is 1. The lowest BCUT2D eigenvalue weighted by molar-refractivity contribution is -0.116. The Balaban J connectivity index is 1.56. The van der Waals surface area contributed by atoms with E-state index in [0.29, 0.717) is 17.4 Å². The second kappa shape index (κ2) is 7.94. The molecule has 8 heteroatoms. The maximum atomic E-state index is 12.7. The van der Waals surface area contributed by atoms with Gasteiger partial charge in [0.25, 0.3) is 0 Å². The molecule has 0 saturated carbocycles. The summed E-state index contributed by atoms with van der Waals surface area (Å²) in [7, 11) is 1.65. The molecule has 1 amide bonds. The third-order valence-corrected chi connectivity index (χ3v) is 6.52. The molecule has 0 saturated heterocycles. The van der Waals surface area contributed by atoms with E-state index < -0.39 is 0 Å². The van der Waals surface area contributed by atoms with Crippen molar-refractivity contribution in [1.29, 1.82) is 0 Å². The molecule has 0 radical (unpaired) electrons. The molecular weight excluding hydrogens is 424 g/mol. The number of carbonyl (C=O) groups excluding carboxylic acids is 1. The number of nitrogens with one attached hydrogen (secondary N) is 1. The van der Waals surface area contributed by atoms with Gasteiger partial charge < -0.3 is 14.8 Å². The molecule has 1 aliphatic heterocycles. The third kappa shape index (κ3) is 3.60. The lowest BCUT2D eigenvalue weighted by Gasteiger charge is -2.24. The van der Waals surface area contributed by atoms with E-state index in [0.717, 1.165) is 38.5 Å². The highest BCUT2D eigenvalue weighted by molar-refractivity contribution is 7.20. The molecule has 1 atom stereocenters. The van der Waals surface area contributed by atoms with Crippen molar-refractivity contribution in [2.75, 3.05) is 12.4 Å². The molecule has 164 valence electrons. The first-order chi connectivity index (χ1) is 15.4. The first kappa shape index (κ1) is 20.5. The average molecular weight is 449 g/mol. The van der Waals surface area contributed by atoms with E-state index in [1.165, 1.54) is 11.3 Å². The summed E-state index contributed by atoms with van der Waals surface area (Å²) in [6, 6.07) is 13.8. The van der Waals surface area contributed by atoms with Crippen molar-refractivity contribution in [3.05, 3.63) is 59.3 Å². The summed E-state index contributed by atoms with van der Waals surface area (Å²) < 4.78 is 13.8. The van der Waals surface area contributed by atoms with Crippen LogP contribution in [0.3, 0.4) is 0 Å². The lowest BCUT2D eigenvalue weighted by Crippen LogP contribution is -2.24. The van der Waals surface area contributed by atoms with Crippen LogP contribution in [-0.4, -0.2) is 33.9 Å². The van der Waals surface area contributed by atoms with Crippen molar-refractivity contribution in [3.63, 3.8) is 0 Å². The van der Waals surface area contributed by atoms with Crippen molar-refractivity contribution in [2.45, 2.75) is 39.2 Å². The zero-order valence-electron chi connectivity index (χ0n) is 18.4. The molecule has 2 aromatic carbocycles. The standard InChI is InChI=1S/C24H24N4O3S/c1-13(2)31-16-7-5-15(6-8-16)18-12-21(29)26-23-22(18)14(3)27-28(23)24-25-19-10-9-17(30-4)11-20(19)32-24/h5-11,13,18H,12H2,1-4H3,(H,26,29). The molecule has 0 fully saturated rings. The molecule has 3 heterocycles. The monoisotopic (exact) mass is 448 g/mol. The molecule has 0 bridgehead atoms. The number of hydrogen-bond acceptors (Lipinski definition) is 6. The van der Waals surface area contributed by atoms with Crippen molar-refractivity contribution in [2.24, 2.45) is 0 Å². The lowest BCUT2D eigenvalue weighted by atomic mass is 9.86. The summed E-state index contributed by atoms with van der Waals surface area (Å²) in [6.07, 6.45) is 0.489. The number of benzene rings is 2. The number of rotatable bonds is 5. The predicted octanol–water partition coefficient (Wildman–Crippen LogP) is 5.06. The van der Waals surface area contributed by atoms with Crippen LogP contribution in [0.2, 0.25) is 0 Å². The van der Waals surface area contributed by atoms with Crippen molar-refractivity contribution in [1.82, 2.24) is 14.8 Å². The van der Waals surface area contributed by atoms with Gasteiger partial charge in [-0.25, -0.2) is 4.98 Å². The van der Waals surface area contributed by atoms with Gasteiger partial charge in [-0.1, -0.05) is 23.5 Å². The number of amides is 1. The summed E-state index contributed by atoms with van der Waals surface area (Å²) in [5.74, 6) is 2.19. The summed E-state index contributed by atoms with van der Waals surface area (Å²) in [5.41, 5.74) is 3.84. The Morgan fingerprint density at radius 1 is 1.16 bits per heavy atom. The maximum Gasteiger partial charge on any atom is 0.226 e. The van der Waals surface area contributed by atoms with Gasteiger partial charge in [-0.05, 0) is 56.7 Å². The highest BCUT2D eigenvalue weighted by Crippen LogP contribution is 2.41. The van der Waals surface area contributed by atoms with Crippen LogP contribution in [0, 0.1) is 6.92 Å². The van der Waals surface area contributed by atoms with Gasteiger partial charge >= 0.3 is 0 Å². The number of anilines is 1. The van der Waals surface area contributed by atoms with Gasteiger partial charge in [0.2, 0.25) is 11.0 Å². The molecule has 0 spiro atoms. The van der Waals surface area contributed by atoms with E-state index in [1.54, 1.807) is 11.8 Å². The zero-order valence-corrected chi connectivity index (χ0v) is 19.2. The third-order valence-electron chi connectivity index (χ3n) is 5.52. The molecule has 4 aromatic rings. The number of nitrogens with zero attached hydrogens (tertiary/aromatic N) is 3. The molecule has 7 nitrogen and oxygen atoms in total. The van der Waals surface area contributed by atoms with Gasteiger partial charge in [0.05, 0.1) is 29.1 Å². The molecule has 0 aliphatic carbocycles. The fraction of sp³-hybridized carbons (Fsp3) is 0.292. The fourth-order valence-electron chi connectivity index (χ4n) is 4.13. The SMILES string of the molecule is COc1ccc2nc(-n3nc(C)c4c3NC(=O)CC4c3ccc(OC(C)C)cc3)sc2c1. The molecule has 32 heavy (non-hydrogen) atoms. The van der Waals surface area contributed by atoms with Crippen LogP contribution in [0.5, 0.6) is 11.5 Å². The summed E-state index contributed by atoms with van der Waals surface area (Å²) in [5, 5.41) is 8.50. The second-order valence-electron chi connectivity index (χ2n) is 8.13. The number of carbonyl (C=O) groups is 1. The fourth-order valence-corrected chi connectivity index (χ4v) is 5.08. The molecule has 5 rings (SSSR count). The van der Waals surface area contributed by atoms with Crippen molar-refractivity contribution >= 4 is 33.3 Å². The van der Waals surface area contributed by atoms with Crippen LogP contribution in [-0.2, 0) is 4.79 Å². The van der Waals surface area contributed by atoms with E-state index in [4.69, 9.17) is 19.6 Å². The van der Waals surface area contributed by atoms with E-state index in [-0.39, 0.29) is 17.9 Å². The second-order valence-corrected chi connectivity index (χ2v) is 9.14. The summed E-state index contributed by atoms with van der Waals surface area (Å²) in [6.45, 7) is 5.98. The largest absolute Gasteiger partial charge is 0.497 e. The number of methoxy groups -OCH3 is 1. The normalized spacial score (nSPS) is 15.7. The average Bonchev–Trinajstić information content (AvgIpc) is 3.33. The predicted molar refractivity (Wildman–Crippen MR) is 125 cm³/mol. The number of aryl methyl sites for hydroxylation is 1. The van der Waals surface area contributed by atoms with E-state index in [1.807, 2.05) is 63.2 Å². The summed E-state index contributed by atoms with van der Waals surface area (Å²) in [4.78, 5) is 17.4. The van der Waals surface area contributed by atoms with Crippen LogP contribution < -0.4 is 14.8 Å². The first-order valence-electron chi connectivity index (χ1n) is 10.5. The number of aromatic nitrogens is 3. The molecule has 1 N–H and O–H groups in total. The Hall–Kier alpha value is -3.39. The van der Waals surface area contributed by atoms with E-state index in [9.17, 15) is 4.79 Å². The maximum absolute atomic E-state index is 12.7. The smallest absolute Gasteiger partial charge is 0.226 e. The van der Waals surface area contributed by atoms with Crippen LogP contribution in [0.4, 0.5) is 5.82 Å². The van der Waals surface area contributed by atoms with E-state index >= 15 is 0 Å². The van der Waals surface area contributed by atoms with Gasteiger partial charge in [-0.2, -0.15) is 9.78 Å². The first-order valence-corrected chi connectivity index (χ1v) is 11.4. The molecular formula is C24H24N4O3S. The highest BCUT2D eigenvalue weighted by Gasteiger charge is 2.33. The van der Waals surface area contributed by atoms with Gasteiger partial charge in [0, 0.05) is 17.9 Å². The van der Waals surface area contributed by atoms with Crippen molar-refractivity contribution < 1.29 is 14.3 Å². The highest BCUT2D eigenvalue weighted by atomic mass is 32.1. The Kier molecular flexibility index (Phi) is 5.09. The Morgan fingerprint density at radius 2 is 1.91 bits per heavy atom. The minimum absolute atomic E-state index is 0.0334. The van der Waals surface area contributed by atoms with Crippen molar-refractivity contribution in [3.8, 4) is 16.6 Å².